The van der Waals surface area contributed by atoms with Gasteiger partial charge in [0.1, 0.15) is 11.5 Å². The van der Waals surface area contributed by atoms with Crippen molar-refractivity contribution in [2.45, 2.75) is 32.6 Å². The molecular formula is C23H30N4O3. The maximum atomic E-state index is 13.0. The van der Waals surface area contributed by atoms with Crippen molar-refractivity contribution in [3.8, 4) is 11.5 Å². The third kappa shape index (κ3) is 3.86. The van der Waals surface area contributed by atoms with Gasteiger partial charge in [0.15, 0.2) is 5.78 Å². The lowest BCUT2D eigenvalue weighted by Crippen LogP contribution is -2.47. The number of methoxy groups -OCH3 is 2. The molecule has 2 heterocycles. The number of nitrogens with zero attached hydrogens (tertiary/aromatic N) is 4. The van der Waals surface area contributed by atoms with E-state index >= 15 is 0 Å². The number of ketones is 1. The summed E-state index contributed by atoms with van der Waals surface area (Å²) in [4.78, 5) is 27.3. The van der Waals surface area contributed by atoms with Gasteiger partial charge in [-0.25, -0.2) is 9.97 Å². The molecule has 2 aliphatic rings. The van der Waals surface area contributed by atoms with Crippen molar-refractivity contribution in [1.82, 2.24) is 14.9 Å². The molecule has 1 aliphatic carbocycles. The molecule has 160 valence electrons. The number of carbonyl (C=O) groups excluding carboxylic acids is 1. The molecule has 7 heteroatoms. The highest BCUT2D eigenvalue weighted by Gasteiger charge is 2.32. The maximum Gasteiger partial charge on any atom is 0.225 e. The Bertz CT molecular complexity index is 938. The van der Waals surface area contributed by atoms with Crippen LogP contribution in [0.5, 0.6) is 11.5 Å². The molecule has 0 N–H and O–H groups in total. The molecule has 1 aromatic heterocycles. The monoisotopic (exact) mass is 410 g/mol. The predicted octanol–water partition coefficient (Wildman–Crippen LogP) is 2.86. The van der Waals surface area contributed by atoms with Crippen LogP contribution < -0.4 is 14.4 Å². The first-order valence-electron chi connectivity index (χ1n) is 10.6. The predicted molar refractivity (Wildman–Crippen MR) is 116 cm³/mol. The van der Waals surface area contributed by atoms with E-state index in [1.54, 1.807) is 14.2 Å². The molecular weight excluding hydrogens is 380 g/mol. The van der Waals surface area contributed by atoms with Gasteiger partial charge in [0.25, 0.3) is 0 Å². The number of ether oxygens (including phenoxy) is 2. The Morgan fingerprint density at radius 2 is 1.83 bits per heavy atom. The Balaban J connectivity index is 1.64. The first-order valence-corrected chi connectivity index (χ1v) is 10.6. The second kappa shape index (κ2) is 8.60. The van der Waals surface area contributed by atoms with Gasteiger partial charge in [0.2, 0.25) is 5.95 Å². The van der Waals surface area contributed by atoms with Crippen molar-refractivity contribution in [2.24, 2.45) is 0 Å². The van der Waals surface area contributed by atoms with Gasteiger partial charge in [-0.2, -0.15) is 0 Å². The quantitative estimate of drug-likeness (QED) is 0.751. The number of carbonyl (C=O) groups is 1. The summed E-state index contributed by atoms with van der Waals surface area (Å²) in [5, 5.41) is 0. The van der Waals surface area contributed by atoms with Gasteiger partial charge in [-0.3, -0.25) is 4.79 Å². The summed E-state index contributed by atoms with van der Waals surface area (Å²) >= 11 is 0. The Morgan fingerprint density at radius 1 is 1.07 bits per heavy atom. The number of hydrogen-bond acceptors (Lipinski definition) is 7. The highest BCUT2D eigenvalue weighted by atomic mass is 16.5. The molecule has 30 heavy (non-hydrogen) atoms. The van der Waals surface area contributed by atoms with Crippen LogP contribution in [0.3, 0.4) is 0 Å². The number of aryl methyl sites for hydroxylation is 1. The zero-order chi connectivity index (χ0) is 21.3. The number of hydrogen-bond donors (Lipinski definition) is 0. The Kier molecular flexibility index (Phi) is 5.90. The fraction of sp³-hybridized carbons (Fsp3) is 0.522. The van der Waals surface area contributed by atoms with Gasteiger partial charge in [-0.15, -0.1) is 0 Å². The lowest BCUT2D eigenvalue weighted by molar-refractivity contribution is 0.0961. The summed E-state index contributed by atoms with van der Waals surface area (Å²) < 4.78 is 10.9. The molecule has 2 aromatic rings. The SMILES string of the molecule is CCN1CCN(c2nc(C)c3c(n2)C[C@@H](c2ccc(OC)cc2OC)CC3=O)CC1. The fourth-order valence-corrected chi connectivity index (χ4v) is 4.54. The van der Waals surface area contributed by atoms with Gasteiger partial charge in [-0.05, 0) is 31.5 Å². The van der Waals surface area contributed by atoms with Crippen LogP contribution in [0.1, 0.15) is 46.6 Å². The number of likely N-dealkylation sites (N-methyl/N-ethyl adjacent to an activating group) is 1. The normalized spacial score (nSPS) is 19.5. The van der Waals surface area contributed by atoms with Crippen molar-refractivity contribution in [3.05, 3.63) is 40.7 Å². The number of rotatable bonds is 5. The van der Waals surface area contributed by atoms with Crippen LogP contribution in [-0.4, -0.2) is 67.6 Å². The van der Waals surface area contributed by atoms with Crippen LogP contribution in [0.25, 0.3) is 0 Å². The van der Waals surface area contributed by atoms with E-state index < -0.39 is 0 Å². The number of aromatic nitrogens is 2. The Labute approximate surface area is 178 Å². The highest BCUT2D eigenvalue weighted by Crippen LogP contribution is 2.39. The third-order valence-electron chi connectivity index (χ3n) is 6.29. The summed E-state index contributed by atoms with van der Waals surface area (Å²) in [6.07, 6.45) is 1.14. The van der Waals surface area contributed by atoms with Crippen molar-refractivity contribution in [2.75, 3.05) is 51.8 Å². The van der Waals surface area contributed by atoms with Gasteiger partial charge < -0.3 is 19.3 Å². The molecule has 0 spiro atoms. The van der Waals surface area contributed by atoms with Gasteiger partial charge in [-0.1, -0.05) is 13.0 Å². The summed E-state index contributed by atoms with van der Waals surface area (Å²) in [5.41, 5.74) is 3.37. The molecule has 1 fully saturated rings. The van der Waals surface area contributed by atoms with E-state index in [1.807, 2.05) is 25.1 Å². The summed E-state index contributed by atoms with van der Waals surface area (Å²) in [6.45, 7) is 9.04. The molecule has 0 unspecified atom stereocenters. The van der Waals surface area contributed by atoms with Crippen LogP contribution in [0.15, 0.2) is 18.2 Å². The van der Waals surface area contributed by atoms with Gasteiger partial charge in [0.05, 0.1) is 31.2 Å². The molecule has 0 saturated carbocycles. The maximum absolute atomic E-state index is 13.0. The zero-order valence-corrected chi connectivity index (χ0v) is 18.3. The standard InChI is InChI=1S/C23H30N4O3/c1-5-26-8-10-27(11-9-26)23-24-15(2)22-19(25-23)12-16(13-20(22)28)18-7-6-17(29-3)14-21(18)30-4/h6-7,14,16H,5,8-13H2,1-4H3/t16-/m1/s1. The van der Waals surface area contributed by atoms with E-state index in [1.165, 1.54) is 0 Å². The number of benzene rings is 1. The van der Waals surface area contributed by atoms with E-state index in [-0.39, 0.29) is 11.7 Å². The van der Waals surface area contributed by atoms with Crippen LogP contribution in [-0.2, 0) is 6.42 Å². The summed E-state index contributed by atoms with van der Waals surface area (Å²) in [5.74, 6) is 2.38. The van der Waals surface area contributed by atoms with E-state index in [4.69, 9.17) is 19.4 Å². The van der Waals surface area contributed by atoms with Crippen LogP contribution in [0.2, 0.25) is 0 Å². The molecule has 7 nitrogen and oxygen atoms in total. The smallest absolute Gasteiger partial charge is 0.225 e. The number of Topliss-reactive ketones (excluding diaryl/α,β-unsaturated/α-hetero) is 1. The van der Waals surface area contributed by atoms with E-state index in [9.17, 15) is 4.79 Å². The second-order valence-electron chi connectivity index (χ2n) is 7.99. The largest absolute Gasteiger partial charge is 0.497 e. The molecule has 1 aliphatic heterocycles. The van der Waals surface area contributed by atoms with Crippen LogP contribution in [0, 0.1) is 6.92 Å². The minimum absolute atomic E-state index is 0.0324. The molecule has 4 rings (SSSR count). The van der Waals surface area contributed by atoms with E-state index in [0.717, 1.165) is 67.1 Å². The van der Waals surface area contributed by atoms with Crippen molar-refractivity contribution < 1.29 is 14.3 Å². The van der Waals surface area contributed by atoms with E-state index in [2.05, 4.69) is 16.7 Å². The lowest BCUT2D eigenvalue weighted by Gasteiger charge is -2.35. The highest BCUT2D eigenvalue weighted by molar-refractivity contribution is 5.99. The Hall–Kier alpha value is -2.67. The average molecular weight is 411 g/mol. The number of fused-ring (bicyclic) bond motifs is 1. The topological polar surface area (TPSA) is 67.8 Å². The third-order valence-corrected chi connectivity index (χ3v) is 6.29. The molecule has 0 radical (unpaired) electrons. The van der Waals surface area contributed by atoms with Gasteiger partial charge >= 0.3 is 0 Å². The fourth-order valence-electron chi connectivity index (χ4n) is 4.54. The van der Waals surface area contributed by atoms with Crippen molar-refractivity contribution in [1.29, 1.82) is 0 Å². The Morgan fingerprint density at radius 3 is 2.50 bits per heavy atom. The van der Waals surface area contributed by atoms with E-state index in [0.29, 0.717) is 18.4 Å². The average Bonchev–Trinajstić information content (AvgIpc) is 2.78. The summed E-state index contributed by atoms with van der Waals surface area (Å²) in [7, 11) is 3.29. The van der Waals surface area contributed by atoms with Crippen LogP contribution >= 0.6 is 0 Å². The lowest BCUT2D eigenvalue weighted by atomic mass is 9.81. The van der Waals surface area contributed by atoms with Crippen LogP contribution in [0.4, 0.5) is 5.95 Å². The molecule has 1 saturated heterocycles. The van der Waals surface area contributed by atoms with Crippen molar-refractivity contribution in [3.63, 3.8) is 0 Å². The number of piperazine rings is 1. The number of anilines is 1. The first kappa shape index (κ1) is 20.6. The molecule has 0 amide bonds. The van der Waals surface area contributed by atoms with Gasteiger partial charge in [0, 0.05) is 44.6 Å². The molecule has 0 bridgehead atoms. The summed E-state index contributed by atoms with van der Waals surface area (Å²) in [6, 6.07) is 5.79. The minimum Gasteiger partial charge on any atom is -0.497 e. The first-order chi connectivity index (χ1) is 14.5. The molecule has 1 aromatic carbocycles. The zero-order valence-electron chi connectivity index (χ0n) is 18.3. The molecule has 1 atom stereocenters. The minimum atomic E-state index is 0.0324. The second-order valence-corrected chi connectivity index (χ2v) is 7.99. The van der Waals surface area contributed by atoms with Crippen molar-refractivity contribution >= 4 is 11.7 Å².